The maximum absolute atomic E-state index is 12.6. The SMILES string of the molecule is CCOC(=O)c1c(C2CC2)csc1NC(=O)CC1(C(=O)O)CCCCC1. The third-order valence-corrected chi connectivity index (χ3v) is 6.25. The van der Waals surface area contributed by atoms with Crippen molar-refractivity contribution in [2.75, 3.05) is 11.9 Å². The molecule has 3 rings (SSSR count). The summed E-state index contributed by atoms with van der Waals surface area (Å²) in [6.45, 7) is 2.02. The van der Waals surface area contributed by atoms with E-state index >= 15 is 0 Å². The summed E-state index contributed by atoms with van der Waals surface area (Å²) in [6.07, 6.45) is 5.76. The molecule has 2 N–H and O–H groups in total. The molecule has 1 aromatic rings. The second-order valence-electron chi connectivity index (χ2n) is 7.26. The summed E-state index contributed by atoms with van der Waals surface area (Å²) in [5, 5.41) is 14.8. The minimum atomic E-state index is -0.983. The summed E-state index contributed by atoms with van der Waals surface area (Å²) in [5.74, 6) is -1.30. The van der Waals surface area contributed by atoms with Crippen molar-refractivity contribution in [2.24, 2.45) is 5.41 Å². The van der Waals surface area contributed by atoms with E-state index < -0.39 is 17.4 Å². The molecular formula is C19H25NO5S. The van der Waals surface area contributed by atoms with Crippen molar-refractivity contribution in [1.29, 1.82) is 0 Å². The van der Waals surface area contributed by atoms with E-state index in [1.54, 1.807) is 6.92 Å². The topological polar surface area (TPSA) is 92.7 Å². The molecule has 1 heterocycles. The van der Waals surface area contributed by atoms with Crippen LogP contribution in [0.15, 0.2) is 5.38 Å². The van der Waals surface area contributed by atoms with Gasteiger partial charge in [-0.15, -0.1) is 11.3 Å². The Morgan fingerprint density at radius 2 is 1.96 bits per heavy atom. The predicted octanol–water partition coefficient (Wildman–Crippen LogP) is 4.17. The van der Waals surface area contributed by atoms with Crippen LogP contribution in [0, 0.1) is 5.41 Å². The highest BCUT2D eigenvalue weighted by Gasteiger charge is 2.42. The molecule has 0 saturated heterocycles. The molecule has 0 unspecified atom stereocenters. The molecule has 0 aliphatic heterocycles. The number of hydrogen-bond acceptors (Lipinski definition) is 5. The second-order valence-corrected chi connectivity index (χ2v) is 8.14. The third kappa shape index (κ3) is 3.92. The Balaban J connectivity index is 1.76. The molecule has 7 heteroatoms. The van der Waals surface area contributed by atoms with Crippen LogP contribution in [-0.2, 0) is 14.3 Å². The summed E-state index contributed by atoms with van der Waals surface area (Å²) in [6, 6.07) is 0. The lowest BCUT2D eigenvalue weighted by atomic mass is 9.71. The number of hydrogen-bond donors (Lipinski definition) is 2. The molecular weight excluding hydrogens is 354 g/mol. The van der Waals surface area contributed by atoms with Gasteiger partial charge in [0.2, 0.25) is 5.91 Å². The molecule has 1 amide bonds. The highest BCUT2D eigenvalue weighted by Crippen LogP contribution is 2.46. The van der Waals surface area contributed by atoms with Crippen molar-refractivity contribution in [3.05, 3.63) is 16.5 Å². The van der Waals surface area contributed by atoms with Crippen LogP contribution in [0.2, 0.25) is 0 Å². The Hall–Kier alpha value is -1.89. The lowest BCUT2D eigenvalue weighted by molar-refractivity contribution is -0.153. The Bertz CT molecular complexity index is 701. The van der Waals surface area contributed by atoms with Crippen LogP contribution in [0.25, 0.3) is 0 Å². The van der Waals surface area contributed by atoms with Gasteiger partial charge in [-0.25, -0.2) is 4.79 Å². The van der Waals surface area contributed by atoms with Gasteiger partial charge in [-0.1, -0.05) is 19.3 Å². The average molecular weight is 379 g/mol. The molecule has 2 aliphatic rings. The smallest absolute Gasteiger partial charge is 0.341 e. The number of ether oxygens (including phenoxy) is 1. The van der Waals surface area contributed by atoms with E-state index in [1.807, 2.05) is 5.38 Å². The predicted molar refractivity (Wildman–Crippen MR) is 98.7 cm³/mol. The number of rotatable bonds is 7. The molecule has 0 aromatic carbocycles. The van der Waals surface area contributed by atoms with E-state index in [9.17, 15) is 19.5 Å². The van der Waals surface area contributed by atoms with Gasteiger partial charge in [-0.3, -0.25) is 9.59 Å². The van der Waals surface area contributed by atoms with Gasteiger partial charge < -0.3 is 15.2 Å². The zero-order valence-corrected chi connectivity index (χ0v) is 15.8. The van der Waals surface area contributed by atoms with Gasteiger partial charge in [-0.2, -0.15) is 0 Å². The molecule has 2 saturated carbocycles. The number of esters is 1. The number of thiophene rings is 1. The molecule has 2 aliphatic carbocycles. The molecule has 142 valence electrons. The van der Waals surface area contributed by atoms with E-state index in [4.69, 9.17) is 4.74 Å². The molecule has 0 radical (unpaired) electrons. The van der Waals surface area contributed by atoms with Crippen LogP contribution in [0.3, 0.4) is 0 Å². The van der Waals surface area contributed by atoms with E-state index in [1.165, 1.54) is 11.3 Å². The van der Waals surface area contributed by atoms with Gasteiger partial charge in [0, 0.05) is 6.42 Å². The van der Waals surface area contributed by atoms with Gasteiger partial charge >= 0.3 is 11.9 Å². The van der Waals surface area contributed by atoms with Crippen LogP contribution in [0.4, 0.5) is 5.00 Å². The molecule has 0 atom stereocenters. The number of amides is 1. The average Bonchev–Trinajstić information content (AvgIpc) is 3.36. The maximum atomic E-state index is 12.6. The highest BCUT2D eigenvalue weighted by molar-refractivity contribution is 7.15. The molecule has 2 fully saturated rings. The fourth-order valence-electron chi connectivity index (χ4n) is 3.74. The minimum absolute atomic E-state index is 0.0543. The van der Waals surface area contributed by atoms with Gasteiger partial charge in [0.25, 0.3) is 0 Å². The molecule has 0 spiro atoms. The van der Waals surface area contributed by atoms with Crippen molar-refractivity contribution in [3.63, 3.8) is 0 Å². The fourth-order valence-corrected chi connectivity index (χ4v) is 4.79. The van der Waals surface area contributed by atoms with Crippen LogP contribution in [0.1, 0.15) is 80.1 Å². The Morgan fingerprint density at radius 1 is 1.27 bits per heavy atom. The van der Waals surface area contributed by atoms with Crippen LogP contribution >= 0.6 is 11.3 Å². The first-order valence-electron chi connectivity index (χ1n) is 9.28. The number of carboxylic acid groups (broad SMARTS) is 1. The van der Waals surface area contributed by atoms with Crippen molar-refractivity contribution in [2.45, 2.75) is 64.2 Å². The lowest BCUT2D eigenvalue weighted by Crippen LogP contribution is -2.37. The molecule has 6 nitrogen and oxygen atoms in total. The van der Waals surface area contributed by atoms with Crippen LogP contribution < -0.4 is 5.32 Å². The first-order valence-corrected chi connectivity index (χ1v) is 10.2. The number of nitrogens with one attached hydrogen (secondary N) is 1. The van der Waals surface area contributed by atoms with Gasteiger partial charge in [0.05, 0.1) is 17.6 Å². The Kier molecular flexibility index (Phi) is 5.65. The number of anilines is 1. The van der Waals surface area contributed by atoms with Gasteiger partial charge in [0.1, 0.15) is 5.00 Å². The summed E-state index contributed by atoms with van der Waals surface area (Å²) < 4.78 is 5.16. The fraction of sp³-hybridized carbons (Fsp3) is 0.632. The number of aliphatic carboxylic acids is 1. The quantitative estimate of drug-likeness (QED) is 0.694. The van der Waals surface area contributed by atoms with Crippen LogP contribution in [-0.4, -0.2) is 29.6 Å². The van der Waals surface area contributed by atoms with Crippen molar-refractivity contribution in [3.8, 4) is 0 Å². The van der Waals surface area contributed by atoms with E-state index in [0.29, 0.717) is 29.3 Å². The Labute approximate surface area is 156 Å². The Morgan fingerprint density at radius 3 is 2.54 bits per heavy atom. The first kappa shape index (κ1) is 18.9. The zero-order valence-electron chi connectivity index (χ0n) is 15.0. The molecule has 26 heavy (non-hydrogen) atoms. The minimum Gasteiger partial charge on any atom is -0.481 e. The largest absolute Gasteiger partial charge is 0.481 e. The maximum Gasteiger partial charge on any atom is 0.341 e. The van der Waals surface area contributed by atoms with Crippen molar-refractivity contribution in [1.82, 2.24) is 0 Å². The first-order chi connectivity index (χ1) is 12.5. The van der Waals surface area contributed by atoms with Gasteiger partial charge in [-0.05, 0) is 49.5 Å². The molecule has 0 bridgehead atoms. The zero-order chi connectivity index (χ0) is 18.7. The number of carboxylic acids is 1. The van der Waals surface area contributed by atoms with Crippen molar-refractivity contribution >= 4 is 34.2 Å². The van der Waals surface area contributed by atoms with Gasteiger partial charge in [0.15, 0.2) is 0 Å². The number of carbonyl (C=O) groups is 3. The summed E-state index contributed by atoms with van der Waals surface area (Å²) in [5.41, 5.74) is 0.401. The van der Waals surface area contributed by atoms with Crippen LogP contribution in [0.5, 0.6) is 0 Å². The summed E-state index contributed by atoms with van der Waals surface area (Å²) >= 11 is 1.32. The molecule has 1 aromatic heterocycles. The lowest BCUT2D eigenvalue weighted by Gasteiger charge is -2.32. The highest BCUT2D eigenvalue weighted by atomic mass is 32.1. The monoisotopic (exact) mass is 379 g/mol. The third-order valence-electron chi connectivity index (χ3n) is 5.33. The van der Waals surface area contributed by atoms with Crippen molar-refractivity contribution < 1.29 is 24.2 Å². The standard InChI is InChI=1S/C19H25NO5S/c1-2-25-17(22)15-13(12-6-7-12)11-26-16(15)20-14(21)10-19(18(23)24)8-4-3-5-9-19/h11-12H,2-10H2,1H3,(H,20,21)(H,23,24). The van der Waals surface area contributed by atoms with E-state index in [0.717, 1.165) is 37.7 Å². The van der Waals surface area contributed by atoms with E-state index in [2.05, 4.69) is 5.32 Å². The second kappa shape index (κ2) is 7.78. The normalized spacial score (nSPS) is 19.0. The summed E-state index contributed by atoms with van der Waals surface area (Å²) in [4.78, 5) is 36.7. The number of carbonyl (C=O) groups excluding carboxylic acids is 2. The summed E-state index contributed by atoms with van der Waals surface area (Å²) in [7, 11) is 0. The van der Waals surface area contributed by atoms with E-state index in [-0.39, 0.29) is 18.9 Å².